The van der Waals surface area contributed by atoms with Gasteiger partial charge in [-0.3, -0.25) is 4.72 Å². The van der Waals surface area contributed by atoms with E-state index in [0.717, 1.165) is 36.6 Å². The number of nitrogens with one attached hydrogen (secondary N) is 3. The van der Waals surface area contributed by atoms with Crippen molar-refractivity contribution >= 4 is 44.0 Å². The third kappa shape index (κ3) is 5.99. The highest BCUT2D eigenvalue weighted by molar-refractivity contribution is 7.93. The molecule has 1 aliphatic heterocycles. The van der Waals surface area contributed by atoms with Crippen molar-refractivity contribution in [2.45, 2.75) is 30.3 Å². The summed E-state index contributed by atoms with van der Waals surface area (Å²) in [5, 5.41) is 6.60. The zero-order valence-corrected chi connectivity index (χ0v) is 18.7. The molecule has 1 aromatic heterocycles. The number of benzene rings is 1. The van der Waals surface area contributed by atoms with Crippen LogP contribution in [0, 0.1) is 11.7 Å². The van der Waals surface area contributed by atoms with Crippen molar-refractivity contribution in [3.8, 4) is 0 Å². The minimum atomic E-state index is -4.19. The predicted octanol–water partition coefficient (Wildman–Crippen LogP) is 1.89. The van der Waals surface area contributed by atoms with E-state index in [0.29, 0.717) is 25.4 Å². The van der Waals surface area contributed by atoms with E-state index in [4.69, 9.17) is 22.1 Å². The standard InChI is InChI=1S/C17H24ClFN6O3S2/c1-10(20)11(4-12-8-28-3-2-21-12)7-22-15-6-14(19)16(5-13(15)18)30(26,27)25-17-23-9-24-29-17/h5-6,9-12,21-22H,2-4,7-8,20H2,1H3,(H,23,24,25)/t10-,11?,12?/m1/s1. The third-order valence-corrected chi connectivity index (χ3v) is 7.15. The zero-order valence-electron chi connectivity index (χ0n) is 16.3. The lowest BCUT2D eigenvalue weighted by Crippen LogP contribution is -2.45. The van der Waals surface area contributed by atoms with Crippen LogP contribution >= 0.6 is 23.1 Å². The highest BCUT2D eigenvalue weighted by atomic mass is 35.5. The second kappa shape index (κ2) is 10.2. The van der Waals surface area contributed by atoms with Gasteiger partial charge in [0.1, 0.15) is 17.0 Å². The quantitative estimate of drug-likeness (QED) is 0.429. The summed E-state index contributed by atoms with van der Waals surface area (Å²) in [6, 6.07) is 2.22. The van der Waals surface area contributed by atoms with Gasteiger partial charge in [-0.05, 0) is 31.4 Å². The molecule has 1 saturated heterocycles. The van der Waals surface area contributed by atoms with E-state index in [1.54, 1.807) is 0 Å². The van der Waals surface area contributed by atoms with E-state index in [1.807, 2.05) is 6.92 Å². The summed E-state index contributed by atoms with van der Waals surface area (Å²) in [6.45, 7) is 4.46. The van der Waals surface area contributed by atoms with Crippen molar-refractivity contribution < 1.29 is 17.5 Å². The lowest BCUT2D eigenvalue weighted by atomic mass is 9.93. The summed E-state index contributed by atoms with van der Waals surface area (Å²) in [6.07, 6.45) is 1.98. The van der Waals surface area contributed by atoms with Gasteiger partial charge in [-0.15, -0.1) is 0 Å². The molecular formula is C17H24ClFN6O3S2. The maximum absolute atomic E-state index is 14.6. The largest absolute Gasteiger partial charge is 0.383 e. The van der Waals surface area contributed by atoms with Crippen molar-refractivity contribution in [2.75, 3.05) is 36.3 Å². The Labute approximate surface area is 183 Å². The Kier molecular flexibility index (Phi) is 7.82. The topological polar surface area (TPSA) is 131 Å². The first kappa shape index (κ1) is 23.1. The van der Waals surface area contributed by atoms with Crippen molar-refractivity contribution in [1.82, 2.24) is 14.7 Å². The predicted molar refractivity (Wildman–Crippen MR) is 115 cm³/mol. The van der Waals surface area contributed by atoms with Crippen LogP contribution in [-0.4, -0.2) is 56.2 Å². The molecule has 0 amide bonds. The number of morpholine rings is 1. The van der Waals surface area contributed by atoms with E-state index in [2.05, 4.69) is 24.7 Å². The average molecular weight is 479 g/mol. The third-order valence-electron chi connectivity index (χ3n) is 4.78. The van der Waals surface area contributed by atoms with E-state index < -0.39 is 20.7 Å². The summed E-state index contributed by atoms with van der Waals surface area (Å²) >= 11 is 7.07. The molecule has 166 valence electrons. The monoisotopic (exact) mass is 478 g/mol. The molecule has 3 rings (SSSR count). The summed E-state index contributed by atoms with van der Waals surface area (Å²) in [5.74, 6) is -0.857. The van der Waals surface area contributed by atoms with Gasteiger partial charge in [0.05, 0.1) is 23.9 Å². The van der Waals surface area contributed by atoms with Gasteiger partial charge in [-0.1, -0.05) is 11.6 Å². The van der Waals surface area contributed by atoms with Crippen LogP contribution in [0.15, 0.2) is 23.4 Å². The van der Waals surface area contributed by atoms with Crippen LogP contribution in [0.2, 0.25) is 5.02 Å². The smallest absolute Gasteiger partial charge is 0.266 e. The number of sulfonamides is 1. The molecule has 30 heavy (non-hydrogen) atoms. The van der Waals surface area contributed by atoms with Crippen molar-refractivity contribution in [1.29, 1.82) is 0 Å². The van der Waals surface area contributed by atoms with Crippen molar-refractivity contribution in [3.63, 3.8) is 0 Å². The fraction of sp³-hybridized carbons (Fsp3) is 0.529. The molecule has 1 aliphatic rings. The Morgan fingerprint density at radius 3 is 2.93 bits per heavy atom. The van der Waals surface area contributed by atoms with Crippen LogP contribution in [0.4, 0.5) is 15.2 Å². The summed E-state index contributed by atoms with van der Waals surface area (Å²) in [4.78, 5) is 3.16. The molecule has 0 aliphatic carbocycles. The Morgan fingerprint density at radius 2 is 2.30 bits per heavy atom. The Hall–Kier alpha value is -1.57. The summed E-state index contributed by atoms with van der Waals surface area (Å²) < 4.78 is 50.8. The normalized spacial score (nSPS) is 19.3. The number of hydrogen-bond donors (Lipinski definition) is 4. The van der Waals surface area contributed by atoms with Crippen molar-refractivity contribution in [3.05, 3.63) is 29.3 Å². The molecule has 3 atom stereocenters. The van der Waals surface area contributed by atoms with Gasteiger partial charge < -0.3 is 21.1 Å². The van der Waals surface area contributed by atoms with E-state index in [1.165, 1.54) is 6.33 Å². The van der Waals surface area contributed by atoms with Crippen LogP contribution in [0.3, 0.4) is 0 Å². The minimum Gasteiger partial charge on any atom is -0.383 e. The number of hydrogen-bond acceptors (Lipinski definition) is 9. The van der Waals surface area contributed by atoms with Gasteiger partial charge in [-0.25, -0.2) is 17.8 Å². The van der Waals surface area contributed by atoms with E-state index in [9.17, 15) is 12.8 Å². The second-order valence-corrected chi connectivity index (χ2v) is 9.91. The SMILES string of the molecule is C[C@@H](N)C(CNc1cc(F)c(S(=O)(=O)Nc2ncns2)cc1Cl)CC1COCCN1. The maximum Gasteiger partial charge on any atom is 0.266 e. The van der Waals surface area contributed by atoms with Crippen LogP contribution in [-0.2, 0) is 14.8 Å². The Bertz CT molecular complexity index is 939. The lowest BCUT2D eigenvalue weighted by Gasteiger charge is -2.30. The maximum atomic E-state index is 14.6. The number of nitrogens with zero attached hydrogens (tertiary/aromatic N) is 2. The fourth-order valence-corrected chi connectivity index (χ4v) is 5.16. The molecule has 0 saturated carbocycles. The molecule has 0 radical (unpaired) electrons. The van der Waals surface area contributed by atoms with Gasteiger partial charge >= 0.3 is 0 Å². The molecule has 13 heteroatoms. The Balaban J connectivity index is 1.69. The van der Waals surface area contributed by atoms with Gasteiger partial charge in [0, 0.05) is 36.7 Å². The summed E-state index contributed by atoms with van der Waals surface area (Å²) in [5.41, 5.74) is 6.41. The number of nitrogens with two attached hydrogens (primary N) is 1. The Morgan fingerprint density at radius 1 is 1.50 bits per heavy atom. The van der Waals surface area contributed by atoms with Crippen LogP contribution in [0.5, 0.6) is 0 Å². The highest BCUT2D eigenvalue weighted by Crippen LogP contribution is 2.30. The molecule has 9 nitrogen and oxygen atoms in total. The molecule has 2 heterocycles. The first-order chi connectivity index (χ1) is 14.3. The molecule has 0 bridgehead atoms. The van der Waals surface area contributed by atoms with Gasteiger partial charge in [0.15, 0.2) is 0 Å². The van der Waals surface area contributed by atoms with Crippen LogP contribution in [0.1, 0.15) is 13.3 Å². The molecular weight excluding hydrogens is 455 g/mol. The van der Waals surface area contributed by atoms with Crippen LogP contribution < -0.4 is 21.1 Å². The average Bonchev–Trinajstić information content (AvgIpc) is 3.20. The van der Waals surface area contributed by atoms with Gasteiger partial charge in [0.2, 0.25) is 5.13 Å². The molecule has 1 aromatic carbocycles. The van der Waals surface area contributed by atoms with E-state index in [-0.39, 0.29) is 28.2 Å². The first-order valence-corrected chi connectivity index (χ1v) is 12.0. The number of halogens is 2. The molecule has 1 fully saturated rings. The van der Waals surface area contributed by atoms with Gasteiger partial charge in [0.25, 0.3) is 10.0 Å². The van der Waals surface area contributed by atoms with Crippen molar-refractivity contribution in [2.24, 2.45) is 11.7 Å². The molecule has 2 aromatic rings. The van der Waals surface area contributed by atoms with Gasteiger partial charge in [-0.2, -0.15) is 4.37 Å². The summed E-state index contributed by atoms with van der Waals surface area (Å²) in [7, 11) is -4.19. The molecule has 5 N–H and O–H groups in total. The lowest BCUT2D eigenvalue weighted by molar-refractivity contribution is 0.0679. The number of anilines is 2. The highest BCUT2D eigenvalue weighted by Gasteiger charge is 2.24. The minimum absolute atomic E-state index is 0.0350. The van der Waals surface area contributed by atoms with E-state index >= 15 is 0 Å². The number of aromatic nitrogens is 2. The zero-order chi connectivity index (χ0) is 21.7. The second-order valence-electron chi connectivity index (χ2n) is 7.08. The van der Waals surface area contributed by atoms with Crippen LogP contribution in [0.25, 0.3) is 0 Å². The molecule has 0 spiro atoms. The first-order valence-electron chi connectivity index (χ1n) is 9.35. The number of ether oxygens (including phenoxy) is 1. The molecule has 2 unspecified atom stereocenters. The number of rotatable bonds is 9. The fourth-order valence-electron chi connectivity index (χ4n) is 3.12.